The van der Waals surface area contributed by atoms with Crippen LogP contribution in [0.15, 0.2) is 58.0 Å². The summed E-state index contributed by atoms with van der Waals surface area (Å²) in [6, 6.07) is 13.8. The first-order valence-corrected chi connectivity index (χ1v) is 9.20. The summed E-state index contributed by atoms with van der Waals surface area (Å²) in [6.45, 7) is 3.56. The molecule has 27 heavy (non-hydrogen) atoms. The Hall–Kier alpha value is -2.90. The number of hydrazone groups is 1. The second kappa shape index (κ2) is 8.20. The monoisotopic (exact) mass is 401 g/mol. The molecular weight excluding hydrogens is 386 g/mol. The number of amides is 2. The lowest BCUT2D eigenvalue weighted by Gasteiger charge is -2.06. The smallest absolute Gasteiger partial charge is 0.291 e. The van der Waals surface area contributed by atoms with E-state index >= 15 is 0 Å². The third kappa shape index (κ3) is 4.84. The SMILES string of the molecule is C/C(=N\NC(=O)c1ccc(Cl)s1)c1ccc(NC(=O)c2ccc(C)o2)cc1. The van der Waals surface area contributed by atoms with E-state index in [4.69, 9.17) is 16.0 Å². The fourth-order valence-corrected chi connectivity index (χ4v) is 3.17. The minimum Gasteiger partial charge on any atom is -0.456 e. The van der Waals surface area contributed by atoms with Crippen molar-refractivity contribution in [3.63, 3.8) is 0 Å². The van der Waals surface area contributed by atoms with Gasteiger partial charge in [0, 0.05) is 5.69 Å². The van der Waals surface area contributed by atoms with Gasteiger partial charge in [0.05, 0.1) is 14.9 Å². The average Bonchev–Trinajstić information content (AvgIpc) is 3.28. The first-order valence-electron chi connectivity index (χ1n) is 8.00. The maximum absolute atomic E-state index is 12.1. The summed E-state index contributed by atoms with van der Waals surface area (Å²) in [4.78, 5) is 24.5. The van der Waals surface area contributed by atoms with E-state index < -0.39 is 0 Å². The van der Waals surface area contributed by atoms with Crippen molar-refractivity contribution in [2.24, 2.45) is 5.10 Å². The molecule has 0 aliphatic heterocycles. The molecule has 1 aromatic carbocycles. The molecule has 0 fully saturated rings. The summed E-state index contributed by atoms with van der Waals surface area (Å²) in [5, 5.41) is 6.86. The minimum absolute atomic E-state index is 0.255. The van der Waals surface area contributed by atoms with E-state index in [1.165, 1.54) is 11.3 Å². The maximum atomic E-state index is 12.1. The molecule has 6 nitrogen and oxygen atoms in total. The summed E-state index contributed by atoms with van der Waals surface area (Å²) >= 11 is 7.01. The quantitative estimate of drug-likeness (QED) is 0.479. The van der Waals surface area contributed by atoms with Crippen LogP contribution in [0.2, 0.25) is 4.34 Å². The summed E-state index contributed by atoms with van der Waals surface area (Å²) in [5.74, 6) is 0.298. The van der Waals surface area contributed by atoms with Gasteiger partial charge in [-0.3, -0.25) is 9.59 Å². The predicted octanol–water partition coefficient (Wildman–Crippen LogP) is 4.71. The fourth-order valence-electron chi connectivity index (χ4n) is 2.23. The molecule has 0 spiro atoms. The van der Waals surface area contributed by atoms with Crippen molar-refractivity contribution in [2.75, 3.05) is 5.32 Å². The number of anilines is 1. The fraction of sp³-hybridized carbons (Fsp3) is 0.105. The number of hydrogen-bond acceptors (Lipinski definition) is 5. The molecule has 2 amide bonds. The van der Waals surface area contributed by atoms with Crippen LogP contribution >= 0.6 is 22.9 Å². The van der Waals surface area contributed by atoms with E-state index in [0.717, 1.165) is 5.56 Å². The summed E-state index contributed by atoms with van der Waals surface area (Å²) in [6.07, 6.45) is 0. The Morgan fingerprint density at radius 2 is 1.78 bits per heavy atom. The Kier molecular flexibility index (Phi) is 5.73. The number of thiophene rings is 1. The van der Waals surface area contributed by atoms with E-state index in [-0.39, 0.29) is 17.6 Å². The van der Waals surface area contributed by atoms with E-state index in [0.29, 0.717) is 26.4 Å². The van der Waals surface area contributed by atoms with E-state index in [2.05, 4.69) is 15.8 Å². The van der Waals surface area contributed by atoms with Gasteiger partial charge in [-0.1, -0.05) is 23.7 Å². The molecule has 0 atom stereocenters. The lowest BCUT2D eigenvalue weighted by Crippen LogP contribution is -2.18. The first-order chi connectivity index (χ1) is 12.9. The summed E-state index contributed by atoms with van der Waals surface area (Å²) < 4.78 is 5.84. The van der Waals surface area contributed by atoms with Gasteiger partial charge in [0.2, 0.25) is 0 Å². The highest BCUT2D eigenvalue weighted by Gasteiger charge is 2.11. The van der Waals surface area contributed by atoms with Crippen LogP contribution in [0.5, 0.6) is 0 Å². The number of carbonyl (C=O) groups is 2. The lowest BCUT2D eigenvalue weighted by molar-refractivity contribution is 0.0957. The Balaban J connectivity index is 1.62. The highest BCUT2D eigenvalue weighted by Crippen LogP contribution is 2.21. The number of benzene rings is 1. The first kappa shape index (κ1) is 18.9. The Morgan fingerprint density at radius 1 is 1.04 bits per heavy atom. The van der Waals surface area contributed by atoms with Crippen molar-refractivity contribution in [1.82, 2.24) is 5.43 Å². The Morgan fingerprint density at radius 3 is 2.37 bits per heavy atom. The number of halogens is 1. The molecular formula is C19H16ClN3O3S. The molecule has 0 saturated carbocycles. The van der Waals surface area contributed by atoms with Crippen LogP contribution in [0.4, 0.5) is 5.69 Å². The topological polar surface area (TPSA) is 83.7 Å². The van der Waals surface area contributed by atoms with E-state index in [9.17, 15) is 9.59 Å². The van der Waals surface area contributed by atoms with Crippen molar-refractivity contribution < 1.29 is 14.0 Å². The molecule has 8 heteroatoms. The second-order valence-corrected chi connectivity index (χ2v) is 7.40. The van der Waals surface area contributed by atoms with Crippen LogP contribution < -0.4 is 10.7 Å². The third-order valence-electron chi connectivity index (χ3n) is 3.65. The Labute approximate surface area is 164 Å². The molecule has 0 aliphatic rings. The number of rotatable bonds is 5. The molecule has 0 aliphatic carbocycles. The number of nitrogens with zero attached hydrogens (tertiary/aromatic N) is 1. The van der Waals surface area contributed by atoms with Gasteiger partial charge in [-0.25, -0.2) is 5.43 Å². The molecule has 3 rings (SSSR count). The molecule has 3 aromatic rings. The van der Waals surface area contributed by atoms with Gasteiger partial charge in [-0.2, -0.15) is 5.10 Å². The minimum atomic E-state index is -0.317. The van der Waals surface area contributed by atoms with Crippen LogP contribution in [-0.4, -0.2) is 17.5 Å². The van der Waals surface area contributed by atoms with Crippen LogP contribution in [0.25, 0.3) is 0 Å². The molecule has 2 heterocycles. The molecule has 0 saturated heterocycles. The average molecular weight is 402 g/mol. The molecule has 0 bridgehead atoms. The summed E-state index contributed by atoms with van der Waals surface area (Å²) in [7, 11) is 0. The zero-order valence-corrected chi connectivity index (χ0v) is 16.1. The number of furan rings is 1. The highest BCUT2D eigenvalue weighted by atomic mass is 35.5. The number of aryl methyl sites for hydroxylation is 1. The molecule has 0 unspecified atom stereocenters. The highest BCUT2D eigenvalue weighted by molar-refractivity contribution is 7.17. The maximum Gasteiger partial charge on any atom is 0.291 e. The molecule has 138 valence electrons. The zero-order valence-electron chi connectivity index (χ0n) is 14.6. The number of nitrogens with one attached hydrogen (secondary N) is 2. The normalized spacial score (nSPS) is 11.3. The van der Waals surface area contributed by atoms with Gasteiger partial charge in [0.15, 0.2) is 5.76 Å². The predicted molar refractivity (Wildman–Crippen MR) is 107 cm³/mol. The summed E-state index contributed by atoms with van der Waals surface area (Å²) in [5.41, 5.74) is 4.57. The van der Waals surface area contributed by atoms with Crippen molar-refractivity contribution in [2.45, 2.75) is 13.8 Å². The van der Waals surface area contributed by atoms with Crippen LogP contribution in [0, 0.1) is 6.92 Å². The van der Waals surface area contributed by atoms with E-state index in [1.807, 2.05) is 0 Å². The van der Waals surface area contributed by atoms with Crippen molar-refractivity contribution in [1.29, 1.82) is 0 Å². The van der Waals surface area contributed by atoms with Crippen molar-refractivity contribution >= 4 is 46.2 Å². The zero-order chi connectivity index (χ0) is 19.4. The van der Waals surface area contributed by atoms with Gasteiger partial charge in [-0.05, 0) is 55.8 Å². The Bertz CT molecular complexity index is 1010. The van der Waals surface area contributed by atoms with Gasteiger partial charge < -0.3 is 9.73 Å². The number of carbonyl (C=O) groups excluding carboxylic acids is 2. The van der Waals surface area contributed by atoms with Crippen molar-refractivity contribution in [3.8, 4) is 0 Å². The molecule has 2 aromatic heterocycles. The van der Waals surface area contributed by atoms with Gasteiger partial charge in [0.1, 0.15) is 5.76 Å². The second-order valence-electron chi connectivity index (χ2n) is 5.68. The third-order valence-corrected chi connectivity index (χ3v) is 4.88. The van der Waals surface area contributed by atoms with Crippen LogP contribution in [0.3, 0.4) is 0 Å². The largest absolute Gasteiger partial charge is 0.456 e. The lowest BCUT2D eigenvalue weighted by atomic mass is 10.1. The standard InChI is InChI=1S/C19H16ClN3O3S/c1-11-3-8-15(26-11)18(24)21-14-6-4-13(5-7-14)12(2)22-23-19(25)16-9-10-17(20)27-16/h3-10H,1-2H3,(H,21,24)(H,23,25)/b22-12+. The number of hydrogen-bond donors (Lipinski definition) is 2. The van der Waals surface area contributed by atoms with Gasteiger partial charge in [0.25, 0.3) is 11.8 Å². The van der Waals surface area contributed by atoms with Gasteiger partial charge >= 0.3 is 0 Å². The van der Waals surface area contributed by atoms with Crippen LogP contribution in [0.1, 0.15) is 38.5 Å². The molecule has 0 radical (unpaired) electrons. The van der Waals surface area contributed by atoms with Crippen molar-refractivity contribution in [3.05, 3.63) is 74.8 Å². The van der Waals surface area contributed by atoms with Crippen LogP contribution in [-0.2, 0) is 0 Å². The van der Waals surface area contributed by atoms with Gasteiger partial charge in [-0.15, -0.1) is 11.3 Å². The molecule has 2 N–H and O–H groups in total. The van der Waals surface area contributed by atoms with E-state index in [1.54, 1.807) is 62.4 Å².